The molecule has 10 nitrogen and oxygen atoms in total. The van der Waals surface area contributed by atoms with Gasteiger partial charge in [0.2, 0.25) is 0 Å². The molecule has 0 spiro atoms. The van der Waals surface area contributed by atoms with Crippen LogP contribution >= 0.6 is 8.52 Å². The minimum Gasteiger partial charge on any atom is -0.480 e. The standard InChI is InChI=1S/C21H32AtN7O3S/c1-3-7-28(9-10-29(8-4-2)14-20(31)32)13-19(30)23-12-17-11-16(5-6-18(17)33-22)21-26-24-15-25-27-21/h5-6,11,15H,3-4,7-10,12-14H2,1-2H3,(H,23,30)(H,24,25)(H,26,27)(H,31,32). The van der Waals surface area contributed by atoms with Crippen LogP contribution in [-0.4, -0.2) is 78.2 Å². The third kappa shape index (κ3) is 9.95. The summed E-state index contributed by atoms with van der Waals surface area (Å²) in [5.74, 6) is -0.256. The number of nitrogens with zero attached hydrogens (tertiary/aromatic N) is 4. The van der Waals surface area contributed by atoms with Crippen molar-refractivity contribution >= 4 is 32.6 Å². The predicted molar refractivity (Wildman–Crippen MR) is 127 cm³/mol. The van der Waals surface area contributed by atoms with Gasteiger partial charge in [-0.15, -0.1) is 0 Å². The summed E-state index contributed by atoms with van der Waals surface area (Å²) in [4.78, 5) is 28.9. The Labute approximate surface area is 212 Å². The van der Waals surface area contributed by atoms with E-state index in [0.29, 0.717) is 25.5 Å². The molecule has 1 amide bonds. The average Bonchev–Trinajstić information content (AvgIpc) is 2.81. The quantitative estimate of drug-likeness (QED) is 0.219. The monoisotopic (exact) mass is 672 g/mol. The van der Waals surface area contributed by atoms with Gasteiger partial charge in [0, 0.05) is 0 Å². The number of benzene rings is 1. The van der Waals surface area contributed by atoms with Crippen LogP contribution in [0.5, 0.6) is 0 Å². The summed E-state index contributed by atoms with van der Waals surface area (Å²) in [6.07, 6.45) is 3.28. The zero-order valence-corrected chi connectivity index (χ0v) is 22.8. The van der Waals surface area contributed by atoms with E-state index in [2.05, 4.69) is 38.2 Å². The number of aliphatic carboxylic acids is 1. The Balaban J connectivity index is 1.94. The summed E-state index contributed by atoms with van der Waals surface area (Å²) in [5.41, 5.74) is 7.49. The van der Waals surface area contributed by atoms with E-state index in [1.54, 1.807) is 31.8 Å². The molecule has 0 saturated carbocycles. The van der Waals surface area contributed by atoms with E-state index < -0.39 is 5.97 Å². The van der Waals surface area contributed by atoms with Gasteiger partial charge in [-0.1, -0.05) is 6.92 Å². The second-order valence-corrected chi connectivity index (χ2v) is 9.98. The molecule has 2 rings (SSSR count). The number of carbonyl (C=O) groups is 2. The van der Waals surface area contributed by atoms with Crippen LogP contribution in [0.1, 0.15) is 37.8 Å². The number of carboxylic acids is 1. The molecule has 1 heterocycles. The number of nitrogens with one attached hydrogen (secondary N) is 3. The predicted octanol–water partition coefficient (Wildman–Crippen LogP) is 1.17. The molecule has 0 atom stereocenters. The van der Waals surface area contributed by atoms with Gasteiger partial charge in [0.25, 0.3) is 0 Å². The summed E-state index contributed by atoms with van der Waals surface area (Å²) in [6.45, 7) is 7.63. The zero-order valence-electron chi connectivity index (χ0n) is 19.0. The Morgan fingerprint density at radius 2 is 1.82 bits per heavy atom. The maximum atomic E-state index is 12.7. The van der Waals surface area contributed by atoms with E-state index in [-0.39, 0.29) is 19.0 Å². The van der Waals surface area contributed by atoms with Crippen LogP contribution in [0, 0.1) is 23.3 Å². The Morgan fingerprint density at radius 1 is 1.12 bits per heavy atom. The first-order chi connectivity index (χ1) is 16.0. The van der Waals surface area contributed by atoms with Crippen molar-refractivity contribution in [3.05, 3.63) is 29.3 Å². The number of hydrogen-bond donors (Lipinski definition) is 4. The molecule has 1 aliphatic heterocycles. The van der Waals surface area contributed by atoms with E-state index in [9.17, 15) is 9.59 Å². The van der Waals surface area contributed by atoms with Crippen LogP contribution < -0.4 is 16.2 Å². The van der Waals surface area contributed by atoms with Crippen LogP contribution in [0.25, 0.3) is 0 Å². The topological polar surface area (TPSA) is 122 Å². The summed E-state index contributed by atoms with van der Waals surface area (Å²) in [5, 5.41) is 20.3. The van der Waals surface area contributed by atoms with Crippen LogP contribution in [0.2, 0.25) is 0 Å². The number of amides is 1. The van der Waals surface area contributed by atoms with Gasteiger partial charge in [0.1, 0.15) is 0 Å². The van der Waals surface area contributed by atoms with E-state index in [1.165, 1.54) is 6.34 Å². The summed E-state index contributed by atoms with van der Waals surface area (Å²) < 4.78 is 0. The van der Waals surface area contributed by atoms with Crippen molar-refractivity contribution in [2.24, 2.45) is 10.2 Å². The third-order valence-corrected chi connectivity index (χ3v) is 7.40. The molecule has 4 N–H and O–H groups in total. The fourth-order valence-corrected chi connectivity index (χ4v) is 5.51. The molecule has 182 valence electrons. The van der Waals surface area contributed by atoms with Crippen molar-refractivity contribution in [1.82, 2.24) is 26.0 Å². The first-order valence-electron chi connectivity index (χ1n) is 10.9. The van der Waals surface area contributed by atoms with Gasteiger partial charge in [-0.2, -0.15) is 0 Å². The first kappa shape index (κ1) is 27.5. The van der Waals surface area contributed by atoms with Crippen LogP contribution in [0.3, 0.4) is 0 Å². The molecule has 33 heavy (non-hydrogen) atoms. The molecule has 0 unspecified atom stereocenters. The number of amidine groups is 1. The molecule has 12 heteroatoms. The van der Waals surface area contributed by atoms with Crippen LogP contribution in [-0.2, 0) is 16.1 Å². The van der Waals surface area contributed by atoms with E-state index in [1.807, 2.05) is 30.0 Å². The van der Waals surface area contributed by atoms with Gasteiger partial charge in [-0.3, -0.25) is 4.79 Å². The van der Waals surface area contributed by atoms with Gasteiger partial charge in [0.05, 0.1) is 0 Å². The van der Waals surface area contributed by atoms with Gasteiger partial charge in [-0.25, -0.2) is 0 Å². The Kier molecular flexibility index (Phi) is 12.7. The van der Waals surface area contributed by atoms with E-state index >= 15 is 0 Å². The van der Waals surface area contributed by atoms with Crippen molar-refractivity contribution in [2.45, 2.75) is 38.1 Å². The molecule has 1 aromatic rings. The van der Waals surface area contributed by atoms with Crippen LogP contribution in [0.15, 0.2) is 33.3 Å². The molecular weight excluding hydrogens is 640 g/mol. The molecule has 0 bridgehead atoms. The Morgan fingerprint density at radius 3 is 2.39 bits per heavy atom. The van der Waals surface area contributed by atoms with Crippen LogP contribution in [0.4, 0.5) is 0 Å². The first-order valence-corrected chi connectivity index (χ1v) is 15.2. The van der Waals surface area contributed by atoms with Crippen molar-refractivity contribution in [3.63, 3.8) is 0 Å². The average molecular weight is 673 g/mol. The second-order valence-electron chi connectivity index (χ2n) is 7.58. The fourth-order valence-electron chi connectivity index (χ4n) is 3.41. The summed E-state index contributed by atoms with van der Waals surface area (Å²) >= 11 is 1.58. The van der Waals surface area contributed by atoms with E-state index in [4.69, 9.17) is 5.11 Å². The molecule has 1 aliphatic rings. The number of hydrazone groups is 2. The number of hydrogen-bond acceptors (Lipinski definition) is 9. The molecule has 1 aromatic carbocycles. The maximum absolute atomic E-state index is 12.7. The molecule has 0 aliphatic carbocycles. The number of rotatable bonds is 15. The third-order valence-electron chi connectivity index (χ3n) is 4.90. The van der Waals surface area contributed by atoms with Crippen molar-refractivity contribution in [3.8, 4) is 0 Å². The number of carbonyl (C=O) groups excluding carboxylic acids is 1. The Bertz CT molecular complexity index is 853. The van der Waals surface area contributed by atoms with Crippen molar-refractivity contribution in [2.75, 3.05) is 39.3 Å². The smallest absolute Gasteiger partial charge is 0.480 e. The zero-order chi connectivity index (χ0) is 24.1. The second kappa shape index (κ2) is 15.2. The minimum atomic E-state index is -0.826. The Hall–Kier alpha value is -1.75. The SMILES string of the molecule is CCCN(CCN(CCC)CC(=O)NCc1cc(C2=NNC=NN2)ccc1S[At])CC(=O)O. The molecule has 0 fully saturated rings. The van der Waals surface area contributed by atoms with E-state index in [0.717, 1.165) is 42.0 Å². The van der Waals surface area contributed by atoms with Crippen molar-refractivity contribution in [1.29, 1.82) is 0 Å². The fraction of sp³-hybridized carbons (Fsp3) is 0.524. The normalized spacial score (nSPS) is 12.9. The van der Waals surface area contributed by atoms with Gasteiger partial charge in [-0.05, 0) is 6.42 Å². The molecule has 0 aromatic heterocycles. The molecule has 0 saturated heterocycles. The van der Waals surface area contributed by atoms with Crippen molar-refractivity contribution < 1.29 is 38.0 Å². The van der Waals surface area contributed by atoms with Gasteiger partial charge >= 0.3 is 190 Å². The van der Waals surface area contributed by atoms with Gasteiger partial charge < -0.3 is 5.11 Å². The van der Waals surface area contributed by atoms with Gasteiger partial charge in [0.15, 0.2) is 0 Å². The molecular formula is C21H32AtN7O3S. The molecule has 0 radical (unpaired) electrons. The summed E-state index contributed by atoms with van der Waals surface area (Å²) in [6, 6.07) is 6.01. The minimum absolute atomic E-state index is 0.0239. The summed E-state index contributed by atoms with van der Waals surface area (Å²) in [7, 11) is 1.68. The number of carboxylic acid groups (broad SMARTS) is 1.